The highest BCUT2D eigenvalue weighted by atomic mass is 32.2. The van der Waals surface area contributed by atoms with Crippen molar-refractivity contribution in [1.29, 1.82) is 0 Å². The van der Waals surface area contributed by atoms with E-state index in [1.54, 1.807) is 0 Å². The van der Waals surface area contributed by atoms with E-state index in [0.29, 0.717) is 11.7 Å². The number of piperidine rings is 1. The van der Waals surface area contributed by atoms with Crippen LogP contribution in [0.15, 0.2) is 30.3 Å². The Morgan fingerprint density at radius 1 is 1.12 bits per heavy atom. The number of imidazole rings is 1. The third-order valence-electron chi connectivity index (χ3n) is 5.45. The summed E-state index contributed by atoms with van der Waals surface area (Å²) in [5.41, 5.74) is 2.43. The van der Waals surface area contributed by atoms with Crippen molar-refractivity contribution < 1.29 is 4.79 Å². The summed E-state index contributed by atoms with van der Waals surface area (Å²) in [4.78, 5) is 25.4. The molecule has 0 atom stereocenters. The predicted octanol–water partition coefficient (Wildman–Crippen LogP) is 3.04. The van der Waals surface area contributed by atoms with Gasteiger partial charge in [0.1, 0.15) is 11.5 Å². The highest BCUT2D eigenvalue weighted by Crippen LogP contribution is 2.23. The van der Waals surface area contributed by atoms with E-state index in [0.717, 1.165) is 43.0 Å². The van der Waals surface area contributed by atoms with Crippen LogP contribution in [0.3, 0.4) is 0 Å². The monoisotopic (exact) mass is 370 g/mol. The number of benzene rings is 1. The van der Waals surface area contributed by atoms with Crippen LogP contribution in [-0.2, 0) is 0 Å². The predicted molar refractivity (Wildman–Crippen MR) is 107 cm³/mol. The molecule has 0 aliphatic carbocycles. The van der Waals surface area contributed by atoms with Crippen molar-refractivity contribution >= 4 is 17.7 Å². The zero-order chi connectivity index (χ0) is 17.9. The molecular formula is C20H26N4OS. The molecule has 1 N–H and O–H groups in total. The normalized spacial score (nSPS) is 19.7. The second-order valence-electron chi connectivity index (χ2n) is 7.10. The average Bonchev–Trinajstić information content (AvgIpc) is 3.10. The van der Waals surface area contributed by atoms with Gasteiger partial charge in [0.2, 0.25) is 0 Å². The minimum absolute atomic E-state index is 0.0635. The minimum atomic E-state index is 0.0635. The van der Waals surface area contributed by atoms with Gasteiger partial charge in [-0.05, 0) is 19.8 Å². The van der Waals surface area contributed by atoms with Crippen LogP contribution in [-0.4, -0.2) is 69.4 Å². The second-order valence-corrected chi connectivity index (χ2v) is 8.32. The summed E-state index contributed by atoms with van der Waals surface area (Å²) >= 11 is 2.05. The van der Waals surface area contributed by atoms with Crippen LogP contribution in [0, 0.1) is 6.92 Å². The van der Waals surface area contributed by atoms with Crippen LogP contribution in [0.2, 0.25) is 0 Å². The highest BCUT2D eigenvalue weighted by Gasteiger charge is 2.29. The fraction of sp³-hybridized carbons (Fsp3) is 0.500. The van der Waals surface area contributed by atoms with Gasteiger partial charge in [0, 0.05) is 55.0 Å². The van der Waals surface area contributed by atoms with Crippen molar-refractivity contribution in [1.82, 2.24) is 19.8 Å². The largest absolute Gasteiger partial charge is 0.341 e. The van der Waals surface area contributed by atoms with E-state index in [-0.39, 0.29) is 5.91 Å². The molecule has 0 spiro atoms. The molecule has 6 heteroatoms. The topological polar surface area (TPSA) is 52.2 Å². The summed E-state index contributed by atoms with van der Waals surface area (Å²) in [6.45, 7) is 6.00. The van der Waals surface area contributed by atoms with Gasteiger partial charge < -0.3 is 9.88 Å². The Balaban J connectivity index is 1.41. The van der Waals surface area contributed by atoms with E-state index < -0.39 is 0 Å². The Labute approximate surface area is 159 Å². The maximum absolute atomic E-state index is 13.0. The van der Waals surface area contributed by atoms with E-state index >= 15 is 0 Å². The Bertz CT molecular complexity index is 746. The van der Waals surface area contributed by atoms with Gasteiger partial charge in [-0.1, -0.05) is 30.3 Å². The van der Waals surface area contributed by atoms with Crippen molar-refractivity contribution in [2.45, 2.75) is 25.8 Å². The molecule has 2 saturated heterocycles. The van der Waals surface area contributed by atoms with Crippen LogP contribution in [0.1, 0.15) is 29.0 Å². The Hall–Kier alpha value is -1.79. The van der Waals surface area contributed by atoms with E-state index in [9.17, 15) is 4.79 Å². The third-order valence-corrected chi connectivity index (χ3v) is 6.39. The van der Waals surface area contributed by atoms with Gasteiger partial charge in [-0.15, -0.1) is 0 Å². The molecule has 4 rings (SSSR count). The molecule has 0 unspecified atom stereocenters. The zero-order valence-electron chi connectivity index (χ0n) is 15.3. The van der Waals surface area contributed by atoms with E-state index in [4.69, 9.17) is 0 Å². The molecule has 1 aromatic carbocycles. The van der Waals surface area contributed by atoms with Gasteiger partial charge in [0.25, 0.3) is 5.91 Å². The summed E-state index contributed by atoms with van der Waals surface area (Å²) in [6, 6.07) is 10.6. The van der Waals surface area contributed by atoms with Gasteiger partial charge in [-0.25, -0.2) is 4.98 Å². The summed E-state index contributed by atoms with van der Waals surface area (Å²) in [5, 5.41) is 0. The molecule has 0 bridgehead atoms. The Morgan fingerprint density at radius 3 is 2.50 bits per heavy atom. The summed E-state index contributed by atoms with van der Waals surface area (Å²) in [6.07, 6.45) is 2.15. The molecule has 2 fully saturated rings. The number of amides is 1. The standard InChI is InChI=1S/C20H26N4OS/c1-15-18(22-19(21-15)16-5-3-2-4-6-16)20(25)24-9-7-17(8-10-24)23-11-13-26-14-12-23/h2-6,17H,7-14H2,1H3,(H,21,22). The second kappa shape index (κ2) is 7.84. The summed E-state index contributed by atoms with van der Waals surface area (Å²) < 4.78 is 0. The zero-order valence-corrected chi connectivity index (χ0v) is 16.1. The first kappa shape index (κ1) is 17.6. The van der Waals surface area contributed by atoms with E-state index in [1.165, 1.54) is 24.6 Å². The first-order valence-corrected chi connectivity index (χ1v) is 10.6. The lowest BCUT2D eigenvalue weighted by atomic mass is 10.0. The number of hydrogen-bond acceptors (Lipinski definition) is 4. The summed E-state index contributed by atoms with van der Waals surface area (Å²) in [5.74, 6) is 3.32. The van der Waals surface area contributed by atoms with Gasteiger partial charge in [-0.3, -0.25) is 9.69 Å². The number of rotatable bonds is 3. The molecular weight excluding hydrogens is 344 g/mol. The maximum Gasteiger partial charge on any atom is 0.274 e. The lowest BCUT2D eigenvalue weighted by Crippen LogP contribution is -2.49. The van der Waals surface area contributed by atoms with Crippen LogP contribution in [0.4, 0.5) is 0 Å². The summed E-state index contributed by atoms with van der Waals surface area (Å²) in [7, 11) is 0. The first-order chi connectivity index (χ1) is 12.7. The van der Waals surface area contributed by atoms with Crippen molar-refractivity contribution in [3.05, 3.63) is 41.7 Å². The molecule has 5 nitrogen and oxygen atoms in total. The molecule has 0 saturated carbocycles. The van der Waals surface area contributed by atoms with Gasteiger partial charge >= 0.3 is 0 Å². The smallest absolute Gasteiger partial charge is 0.274 e. The SMILES string of the molecule is Cc1[nH]c(-c2ccccc2)nc1C(=O)N1CCC(N2CCSCC2)CC1. The highest BCUT2D eigenvalue weighted by molar-refractivity contribution is 7.99. The van der Waals surface area contributed by atoms with Crippen LogP contribution in [0.5, 0.6) is 0 Å². The van der Waals surface area contributed by atoms with Gasteiger partial charge in [0.15, 0.2) is 0 Å². The quantitative estimate of drug-likeness (QED) is 0.902. The van der Waals surface area contributed by atoms with Crippen molar-refractivity contribution in [2.24, 2.45) is 0 Å². The lowest BCUT2D eigenvalue weighted by molar-refractivity contribution is 0.0625. The van der Waals surface area contributed by atoms with Gasteiger partial charge in [-0.2, -0.15) is 11.8 Å². The average molecular weight is 371 g/mol. The van der Waals surface area contributed by atoms with Gasteiger partial charge in [0.05, 0.1) is 0 Å². The number of nitrogens with zero attached hydrogens (tertiary/aromatic N) is 3. The molecule has 2 aliphatic heterocycles. The molecule has 1 amide bonds. The molecule has 2 aromatic rings. The number of aromatic nitrogens is 2. The number of aromatic amines is 1. The van der Waals surface area contributed by atoms with E-state index in [1.807, 2.05) is 53.9 Å². The van der Waals surface area contributed by atoms with Crippen molar-refractivity contribution in [3.8, 4) is 11.4 Å². The number of carbonyl (C=O) groups excluding carboxylic acids is 1. The molecule has 2 aliphatic rings. The maximum atomic E-state index is 13.0. The minimum Gasteiger partial charge on any atom is -0.341 e. The molecule has 1 aromatic heterocycles. The molecule has 138 valence electrons. The fourth-order valence-electron chi connectivity index (χ4n) is 3.93. The lowest BCUT2D eigenvalue weighted by Gasteiger charge is -2.39. The third kappa shape index (κ3) is 3.67. The van der Waals surface area contributed by atoms with Crippen LogP contribution >= 0.6 is 11.8 Å². The number of nitrogens with one attached hydrogen (secondary N) is 1. The molecule has 3 heterocycles. The number of thioether (sulfide) groups is 1. The van der Waals surface area contributed by atoms with Crippen molar-refractivity contribution in [3.63, 3.8) is 0 Å². The van der Waals surface area contributed by atoms with Crippen LogP contribution < -0.4 is 0 Å². The number of carbonyl (C=O) groups is 1. The number of likely N-dealkylation sites (tertiary alicyclic amines) is 1. The number of aryl methyl sites for hydroxylation is 1. The Morgan fingerprint density at radius 2 is 1.81 bits per heavy atom. The molecule has 26 heavy (non-hydrogen) atoms. The fourth-order valence-corrected chi connectivity index (χ4v) is 4.86. The number of H-pyrrole nitrogens is 1. The molecule has 0 radical (unpaired) electrons. The van der Waals surface area contributed by atoms with Crippen molar-refractivity contribution in [2.75, 3.05) is 37.7 Å². The Kier molecular flexibility index (Phi) is 5.31. The number of hydrogen-bond donors (Lipinski definition) is 1. The first-order valence-electron chi connectivity index (χ1n) is 9.45. The van der Waals surface area contributed by atoms with Crippen LogP contribution in [0.25, 0.3) is 11.4 Å². The van der Waals surface area contributed by atoms with E-state index in [2.05, 4.69) is 14.9 Å².